The van der Waals surface area contributed by atoms with E-state index in [4.69, 9.17) is 4.74 Å². The molecule has 0 aliphatic carbocycles. The molecular formula is C13H16F2O2. The van der Waals surface area contributed by atoms with Crippen LogP contribution in [0.3, 0.4) is 0 Å². The van der Waals surface area contributed by atoms with E-state index in [0.717, 1.165) is 31.0 Å². The number of aliphatic hydroxyl groups is 1. The van der Waals surface area contributed by atoms with E-state index < -0.39 is 17.7 Å². The zero-order chi connectivity index (χ0) is 12.4. The van der Waals surface area contributed by atoms with E-state index in [-0.39, 0.29) is 24.2 Å². The van der Waals surface area contributed by atoms with Crippen LogP contribution in [0.15, 0.2) is 18.2 Å². The summed E-state index contributed by atoms with van der Waals surface area (Å²) in [6, 6.07) is 3.27. The Morgan fingerprint density at radius 3 is 2.82 bits per heavy atom. The van der Waals surface area contributed by atoms with Crippen molar-refractivity contribution in [3.63, 3.8) is 0 Å². The predicted octanol–water partition coefficient (Wildman–Crippen LogP) is 2.44. The standard InChI is InChI=1S/C13H16F2O2/c1-8-2-5-13(17-8)12(16)7-9-6-10(14)3-4-11(9)15/h3-4,6,8,12-13,16H,2,5,7H2,1H3. The average Bonchev–Trinajstić information content (AvgIpc) is 2.70. The summed E-state index contributed by atoms with van der Waals surface area (Å²) in [6.45, 7) is 1.94. The fourth-order valence-corrected chi connectivity index (χ4v) is 2.17. The highest BCUT2D eigenvalue weighted by Gasteiger charge is 2.28. The molecular weight excluding hydrogens is 226 g/mol. The Morgan fingerprint density at radius 1 is 1.41 bits per heavy atom. The normalized spacial score (nSPS) is 26.1. The van der Waals surface area contributed by atoms with Crippen LogP contribution in [0, 0.1) is 11.6 Å². The largest absolute Gasteiger partial charge is 0.390 e. The van der Waals surface area contributed by atoms with Crippen molar-refractivity contribution in [1.82, 2.24) is 0 Å². The van der Waals surface area contributed by atoms with Crippen LogP contribution in [0.5, 0.6) is 0 Å². The van der Waals surface area contributed by atoms with Crippen LogP contribution in [0.2, 0.25) is 0 Å². The maximum Gasteiger partial charge on any atom is 0.126 e. The molecule has 1 aliphatic rings. The van der Waals surface area contributed by atoms with Gasteiger partial charge in [-0.25, -0.2) is 8.78 Å². The van der Waals surface area contributed by atoms with Crippen molar-refractivity contribution in [3.8, 4) is 0 Å². The molecule has 2 nitrogen and oxygen atoms in total. The first-order chi connectivity index (χ1) is 8.06. The topological polar surface area (TPSA) is 29.5 Å². The van der Waals surface area contributed by atoms with E-state index in [9.17, 15) is 13.9 Å². The van der Waals surface area contributed by atoms with Crippen LogP contribution in [0.4, 0.5) is 8.78 Å². The molecule has 0 amide bonds. The predicted molar refractivity (Wildman–Crippen MR) is 59.6 cm³/mol. The van der Waals surface area contributed by atoms with E-state index in [1.165, 1.54) is 0 Å². The van der Waals surface area contributed by atoms with Crippen molar-refractivity contribution in [2.45, 2.75) is 44.5 Å². The molecule has 1 aromatic carbocycles. The fourth-order valence-electron chi connectivity index (χ4n) is 2.17. The lowest BCUT2D eigenvalue weighted by molar-refractivity contribution is -0.0281. The van der Waals surface area contributed by atoms with E-state index in [1.54, 1.807) is 0 Å². The highest BCUT2D eigenvalue weighted by Crippen LogP contribution is 2.24. The van der Waals surface area contributed by atoms with Gasteiger partial charge in [0, 0.05) is 6.42 Å². The number of benzene rings is 1. The monoisotopic (exact) mass is 242 g/mol. The van der Waals surface area contributed by atoms with E-state index >= 15 is 0 Å². The quantitative estimate of drug-likeness (QED) is 0.882. The van der Waals surface area contributed by atoms with Gasteiger partial charge in [0.1, 0.15) is 11.6 Å². The van der Waals surface area contributed by atoms with Gasteiger partial charge in [0.2, 0.25) is 0 Å². The van der Waals surface area contributed by atoms with Crippen LogP contribution >= 0.6 is 0 Å². The van der Waals surface area contributed by atoms with Crippen LogP contribution in [-0.4, -0.2) is 23.4 Å². The lowest BCUT2D eigenvalue weighted by atomic mass is 10.0. The Kier molecular flexibility index (Phi) is 3.74. The molecule has 0 spiro atoms. The number of hydrogen-bond donors (Lipinski definition) is 1. The fraction of sp³-hybridized carbons (Fsp3) is 0.538. The van der Waals surface area contributed by atoms with Gasteiger partial charge in [-0.1, -0.05) is 0 Å². The molecule has 2 rings (SSSR count). The van der Waals surface area contributed by atoms with Crippen molar-refractivity contribution >= 4 is 0 Å². The molecule has 94 valence electrons. The molecule has 1 fully saturated rings. The summed E-state index contributed by atoms with van der Waals surface area (Å²) in [5.41, 5.74) is 0.195. The minimum Gasteiger partial charge on any atom is -0.390 e. The zero-order valence-electron chi connectivity index (χ0n) is 9.70. The second kappa shape index (κ2) is 5.10. The average molecular weight is 242 g/mol. The summed E-state index contributed by atoms with van der Waals surface area (Å²) >= 11 is 0. The SMILES string of the molecule is CC1CCC(C(O)Cc2cc(F)ccc2F)O1. The van der Waals surface area contributed by atoms with Gasteiger partial charge in [-0.15, -0.1) is 0 Å². The van der Waals surface area contributed by atoms with Crippen LogP contribution in [0.25, 0.3) is 0 Å². The Hall–Kier alpha value is -1.00. The first-order valence-electron chi connectivity index (χ1n) is 5.83. The third-order valence-corrected chi connectivity index (χ3v) is 3.13. The molecule has 1 aliphatic heterocycles. The second-order valence-corrected chi connectivity index (χ2v) is 4.57. The molecule has 0 aromatic heterocycles. The molecule has 0 radical (unpaired) electrons. The molecule has 1 N–H and O–H groups in total. The van der Waals surface area contributed by atoms with Gasteiger partial charge in [-0.3, -0.25) is 0 Å². The lowest BCUT2D eigenvalue weighted by Crippen LogP contribution is -2.28. The van der Waals surface area contributed by atoms with Gasteiger partial charge < -0.3 is 9.84 Å². The molecule has 1 aromatic rings. The van der Waals surface area contributed by atoms with Gasteiger partial charge in [-0.05, 0) is 43.5 Å². The Balaban J connectivity index is 2.02. The summed E-state index contributed by atoms with van der Waals surface area (Å²) in [4.78, 5) is 0. The first kappa shape index (κ1) is 12.5. The Morgan fingerprint density at radius 2 is 2.18 bits per heavy atom. The number of rotatable bonds is 3. The summed E-state index contributed by atoms with van der Waals surface area (Å²) in [5.74, 6) is -0.981. The third-order valence-electron chi connectivity index (χ3n) is 3.13. The molecule has 4 heteroatoms. The molecule has 1 saturated heterocycles. The van der Waals surface area contributed by atoms with Crippen LogP contribution < -0.4 is 0 Å². The smallest absolute Gasteiger partial charge is 0.126 e. The highest BCUT2D eigenvalue weighted by molar-refractivity contribution is 5.19. The number of halogens is 2. The maximum absolute atomic E-state index is 13.4. The van der Waals surface area contributed by atoms with Crippen LogP contribution in [0.1, 0.15) is 25.3 Å². The van der Waals surface area contributed by atoms with Gasteiger partial charge in [0.05, 0.1) is 18.3 Å². The van der Waals surface area contributed by atoms with Gasteiger partial charge in [-0.2, -0.15) is 0 Å². The third kappa shape index (κ3) is 3.01. The van der Waals surface area contributed by atoms with Gasteiger partial charge >= 0.3 is 0 Å². The van der Waals surface area contributed by atoms with Crippen molar-refractivity contribution in [2.75, 3.05) is 0 Å². The highest BCUT2D eigenvalue weighted by atomic mass is 19.1. The molecule has 1 heterocycles. The summed E-state index contributed by atoms with van der Waals surface area (Å²) in [5, 5.41) is 9.92. The van der Waals surface area contributed by atoms with Crippen molar-refractivity contribution < 1.29 is 18.6 Å². The summed E-state index contributed by atoms with van der Waals surface area (Å²) in [7, 11) is 0. The molecule has 0 saturated carbocycles. The minimum atomic E-state index is -0.781. The minimum absolute atomic E-state index is 0.0843. The number of hydrogen-bond acceptors (Lipinski definition) is 2. The zero-order valence-corrected chi connectivity index (χ0v) is 9.70. The Bertz CT molecular complexity index is 395. The van der Waals surface area contributed by atoms with E-state index in [0.29, 0.717) is 0 Å². The Labute approximate surface area is 99.2 Å². The molecule has 3 atom stereocenters. The van der Waals surface area contributed by atoms with Crippen molar-refractivity contribution in [1.29, 1.82) is 0 Å². The molecule has 3 unspecified atom stereocenters. The van der Waals surface area contributed by atoms with E-state index in [1.807, 2.05) is 6.92 Å². The molecule has 0 bridgehead atoms. The summed E-state index contributed by atoms with van der Waals surface area (Å²) in [6.07, 6.45) is 0.823. The first-order valence-corrected chi connectivity index (χ1v) is 5.83. The van der Waals surface area contributed by atoms with E-state index in [2.05, 4.69) is 0 Å². The summed E-state index contributed by atoms with van der Waals surface area (Å²) < 4.78 is 31.8. The second-order valence-electron chi connectivity index (χ2n) is 4.57. The molecule has 17 heavy (non-hydrogen) atoms. The van der Waals surface area contributed by atoms with Gasteiger partial charge in [0.15, 0.2) is 0 Å². The number of aliphatic hydroxyl groups excluding tert-OH is 1. The van der Waals surface area contributed by atoms with Crippen molar-refractivity contribution in [3.05, 3.63) is 35.4 Å². The maximum atomic E-state index is 13.4. The lowest BCUT2D eigenvalue weighted by Gasteiger charge is -2.18. The van der Waals surface area contributed by atoms with Crippen molar-refractivity contribution in [2.24, 2.45) is 0 Å². The van der Waals surface area contributed by atoms with Gasteiger partial charge in [0.25, 0.3) is 0 Å². The number of ether oxygens (including phenoxy) is 1. The van der Waals surface area contributed by atoms with Crippen LogP contribution in [-0.2, 0) is 11.2 Å².